The van der Waals surface area contributed by atoms with Gasteiger partial charge in [-0.2, -0.15) is 0 Å². The zero-order valence-corrected chi connectivity index (χ0v) is 12.5. The number of hydrogen-bond acceptors (Lipinski definition) is 4. The van der Waals surface area contributed by atoms with Crippen LogP contribution in [-0.2, 0) is 9.59 Å². The number of carbonyl (C=O) groups is 3. The van der Waals surface area contributed by atoms with Crippen molar-refractivity contribution in [2.45, 2.75) is 38.3 Å². The van der Waals surface area contributed by atoms with Crippen molar-refractivity contribution in [3.63, 3.8) is 0 Å². The third-order valence-electron chi connectivity index (χ3n) is 3.66. The van der Waals surface area contributed by atoms with Crippen molar-refractivity contribution in [3.8, 4) is 0 Å². The van der Waals surface area contributed by atoms with Crippen LogP contribution in [0, 0.1) is 0 Å². The van der Waals surface area contributed by atoms with Gasteiger partial charge < -0.3 is 15.5 Å². The van der Waals surface area contributed by atoms with E-state index >= 15 is 0 Å². The first-order chi connectivity index (χ1) is 8.91. The van der Waals surface area contributed by atoms with E-state index in [-0.39, 0.29) is 36.8 Å². The first-order valence-electron chi connectivity index (χ1n) is 6.54. The van der Waals surface area contributed by atoms with E-state index in [1.54, 1.807) is 13.8 Å². The molecule has 0 aromatic heterocycles. The maximum absolute atomic E-state index is 11.9. The van der Waals surface area contributed by atoms with E-state index in [9.17, 15) is 14.4 Å². The number of nitrogens with one attached hydrogen (secondary N) is 3. The summed E-state index contributed by atoms with van der Waals surface area (Å²) in [5.41, 5.74) is -0.973. The molecule has 8 heteroatoms. The molecule has 0 bridgehead atoms. The lowest BCUT2D eigenvalue weighted by atomic mass is 10.0. The number of piperidine rings is 1. The summed E-state index contributed by atoms with van der Waals surface area (Å²) in [4.78, 5) is 36.4. The fraction of sp³-hybridized carbons (Fsp3) is 0.750. The molecule has 20 heavy (non-hydrogen) atoms. The second-order valence-corrected chi connectivity index (χ2v) is 5.52. The highest BCUT2D eigenvalue weighted by atomic mass is 35.5. The number of hydrogen-bond donors (Lipinski definition) is 3. The number of rotatable bonds is 3. The standard InChI is InChI=1S/C12H20N4O3.ClH/c1-12(2)10(18)15-11(19)16(12)7-9(17)14-8-4-3-5-13-6-8;/h8,13H,3-7H2,1-2H3,(H,14,17)(H,15,18,19);1H. The predicted octanol–water partition coefficient (Wildman–Crippen LogP) is -0.393. The minimum atomic E-state index is -0.973. The van der Waals surface area contributed by atoms with E-state index in [2.05, 4.69) is 16.0 Å². The van der Waals surface area contributed by atoms with Gasteiger partial charge in [-0.15, -0.1) is 12.4 Å². The molecule has 1 atom stereocenters. The van der Waals surface area contributed by atoms with Gasteiger partial charge in [-0.1, -0.05) is 0 Å². The molecule has 0 aromatic rings. The first-order valence-corrected chi connectivity index (χ1v) is 6.54. The van der Waals surface area contributed by atoms with Crippen LogP contribution in [0.1, 0.15) is 26.7 Å². The third kappa shape index (κ3) is 3.40. The lowest BCUT2D eigenvalue weighted by Gasteiger charge is -2.29. The molecule has 0 spiro atoms. The summed E-state index contributed by atoms with van der Waals surface area (Å²) in [6, 6.07) is -0.405. The number of halogens is 1. The number of amides is 4. The Bertz CT molecular complexity index is 408. The lowest BCUT2D eigenvalue weighted by Crippen LogP contribution is -2.52. The second-order valence-electron chi connectivity index (χ2n) is 5.52. The van der Waals surface area contributed by atoms with Crippen LogP contribution in [0.3, 0.4) is 0 Å². The molecule has 2 rings (SSSR count). The van der Waals surface area contributed by atoms with E-state index in [4.69, 9.17) is 0 Å². The molecule has 1 unspecified atom stereocenters. The summed E-state index contributed by atoms with van der Waals surface area (Å²) in [5.74, 6) is -0.601. The largest absolute Gasteiger partial charge is 0.351 e. The van der Waals surface area contributed by atoms with Crippen LogP contribution in [0.15, 0.2) is 0 Å². The van der Waals surface area contributed by atoms with Gasteiger partial charge in [0, 0.05) is 12.6 Å². The number of carbonyl (C=O) groups excluding carboxylic acids is 3. The van der Waals surface area contributed by atoms with Crippen LogP contribution in [-0.4, -0.2) is 54.0 Å². The fourth-order valence-electron chi connectivity index (χ4n) is 2.36. The summed E-state index contributed by atoms with van der Waals surface area (Å²) < 4.78 is 0. The second kappa shape index (κ2) is 6.41. The minimum Gasteiger partial charge on any atom is -0.351 e. The summed E-state index contributed by atoms with van der Waals surface area (Å²) in [5, 5.41) is 8.31. The quantitative estimate of drug-likeness (QED) is 0.619. The smallest absolute Gasteiger partial charge is 0.325 e. The molecule has 2 aliphatic heterocycles. The molecule has 0 radical (unpaired) electrons. The molecule has 2 saturated heterocycles. The Balaban J connectivity index is 0.00000200. The van der Waals surface area contributed by atoms with Crippen molar-refractivity contribution >= 4 is 30.3 Å². The van der Waals surface area contributed by atoms with Crippen LogP contribution in [0.25, 0.3) is 0 Å². The summed E-state index contributed by atoms with van der Waals surface area (Å²) in [7, 11) is 0. The zero-order chi connectivity index (χ0) is 14.0. The van der Waals surface area contributed by atoms with E-state index in [0.717, 1.165) is 25.9 Å². The average Bonchev–Trinajstić information content (AvgIpc) is 2.53. The Kier molecular flexibility index (Phi) is 5.35. The molecule has 3 N–H and O–H groups in total. The number of imide groups is 1. The van der Waals surface area contributed by atoms with E-state index in [0.29, 0.717) is 0 Å². The van der Waals surface area contributed by atoms with Crippen LogP contribution in [0.5, 0.6) is 0 Å². The maximum atomic E-state index is 11.9. The highest BCUT2D eigenvalue weighted by molar-refractivity contribution is 6.07. The monoisotopic (exact) mass is 304 g/mol. The zero-order valence-electron chi connectivity index (χ0n) is 11.7. The van der Waals surface area contributed by atoms with Gasteiger partial charge in [-0.25, -0.2) is 4.79 Å². The highest BCUT2D eigenvalue weighted by Crippen LogP contribution is 2.20. The van der Waals surface area contributed by atoms with Crippen molar-refractivity contribution < 1.29 is 14.4 Å². The predicted molar refractivity (Wildman–Crippen MR) is 75.6 cm³/mol. The van der Waals surface area contributed by atoms with Crippen molar-refractivity contribution in [3.05, 3.63) is 0 Å². The van der Waals surface area contributed by atoms with Gasteiger partial charge in [0.1, 0.15) is 12.1 Å². The van der Waals surface area contributed by atoms with Crippen molar-refractivity contribution in [1.82, 2.24) is 20.9 Å². The Morgan fingerprint density at radius 1 is 1.45 bits per heavy atom. The van der Waals surface area contributed by atoms with Crippen molar-refractivity contribution in [1.29, 1.82) is 0 Å². The maximum Gasteiger partial charge on any atom is 0.325 e. The Hall–Kier alpha value is -1.34. The van der Waals surface area contributed by atoms with Crippen LogP contribution in [0.2, 0.25) is 0 Å². The van der Waals surface area contributed by atoms with Gasteiger partial charge in [-0.05, 0) is 33.2 Å². The van der Waals surface area contributed by atoms with E-state index < -0.39 is 11.6 Å². The SMILES string of the molecule is CC1(C)C(=O)NC(=O)N1CC(=O)NC1CCCNC1.Cl. The van der Waals surface area contributed by atoms with Gasteiger partial charge in [0.15, 0.2) is 0 Å². The summed E-state index contributed by atoms with van der Waals surface area (Å²) in [6.07, 6.45) is 1.96. The Labute approximate surface area is 124 Å². The molecule has 4 amide bonds. The first kappa shape index (κ1) is 16.7. The average molecular weight is 305 g/mol. The van der Waals surface area contributed by atoms with Crippen LogP contribution < -0.4 is 16.0 Å². The van der Waals surface area contributed by atoms with E-state index in [1.165, 1.54) is 4.90 Å². The van der Waals surface area contributed by atoms with Crippen molar-refractivity contribution in [2.24, 2.45) is 0 Å². The molecule has 2 fully saturated rings. The molecule has 0 aliphatic carbocycles. The molecule has 114 valence electrons. The molecule has 2 aliphatic rings. The Morgan fingerprint density at radius 3 is 2.65 bits per heavy atom. The topological polar surface area (TPSA) is 90.5 Å². The van der Waals surface area contributed by atoms with Crippen molar-refractivity contribution in [2.75, 3.05) is 19.6 Å². The van der Waals surface area contributed by atoms with Gasteiger partial charge in [-0.3, -0.25) is 14.9 Å². The third-order valence-corrected chi connectivity index (χ3v) is 3.66. The van der Waals surface area contributed by atoms with Gasteiger partial charge >= 0.3 is 6.03 Å². The van der Waals surface area contributed by atoms with Crippen LogP contribution in [0.4, 0.5) is 4.79 Å². The fourth-order valence-corrected chi connectivity index (χ4v) is 2.36. The van der Waals surface area contributed by atoms with E-state index in [1.807, 2.05) is 0 Å². The molecular weight excluding hydrogens is 284 g/mol. The van der Waals surface area contributed by atoms with Gasteiger partial charge in [0.05, 0.1) is 0 Å². The number of nitrogens with zero attached hydrogens (tertiary/aromatic N) is 1. The molecule has 0 aromatic carbocycles. The van der Waals surface area contributed by atoms with Gasteiger partial charge in [0.25, 0.3) is 5.91 Å². The minimum absolute atomic E-state index is 0. The highest BCUT2D eigenvalue weighted by Gasteiger charge is 2.46. The molecule has 7 nitrogen and oxygen atoms in total. The summed E-state index contributed by atoms with van der Waals surface area (Å²) in [6.45, 7) is 4.88. The normalized spacial score (nSPS) is 24.9. The van der Waals surface area contributed by atoms with Crippen LogP contribution >= 0.6 is 12.4 Å². The molecular formula is C12H21ClN4O3. The summed E-state index contributed by atoms with van der Waals surface area (Å²) >= 11 is 0. The number of urea groups is 1. The molecule has 2 heterocycles. The lowest BCUT2D eigenvalue weighted by molar-refractivity contribution is -0.127. The Morgan fingerprint density at radius 2 is 2.15 bits per heavy atom. The van der Waals surface area contributed by atoms with Gasteiger partial charge in [0.2, 0.25) is 5.91 Å². The molecule has 0 saturated carbocycles.